The number of amides is 1. The lowest BCUT2D eigenvalue weighted by Gasteiger charge is -2.20. The maximum Gasteiger partial charge on any atom is 0.237 e. The molecule has 20 heavy (non-hydrogen) atoms. The van der Waals surface area contributed by atoms with Crippen molar-refractivity contribution in [3.8, 4) is 5.88 Å². The normalized spacial score (nSPS) is 19.8. The fraction of sp³-hybridized carbons (Fsp3) is 0.600. The minimum absolute atomic E-state index is 0.128. The number of pyridine rings is 1. The van der Waals surface area contributed by atoms with E-state index in [1.54, 1.807) is 7.11 Å². The summed E-state index contributed by atoms with van der Waals surface area (Å²) in [6, 6.07) is 3.84. The molecule has 110 valence electrons. The lowest BCUT2D eigenvalue weighted by Crippen LogP contribution is -2.12. The number of hydrogen-bond donors (Lipinski definition) is 1. The summed E-state index contributed by atoms with van der Waals surface area (Å²) in [5.41, 5.74) is 1.63. The van der Waals surface area contributed by atoms with E-state index >= 15 is 0 Å². The standard InChI is InChI=1S/C15H22N2O3/c1-11(18)16-14-7-6-13(17-15(14)19-2)12-5-3-4-9-20-10-8-12/h6-7,12H,3-5,8-10H2,1-2H3,(H,16,18). The van der Waals surface area contributed by atoms with Crippen LogP contribution in [0, 0.1) is 0 Å². The Bertz CT molecular complexity index is 454. The Labute approximate surface area is 119 Å². The molecule has 1 aliphatic rings. The van der Waals surface area contributed by atoms with Crippen LogP contribution in [-0.2, 0) is 9.53 Å². The molecule has 1 amide bonds. The van der Waals surface area contributed by atoms with Gasteiger partial charge in [0, 0.05) is 31.7 Å². The van der Waals surface area contributed by atoms with E-state index in [1.165, 1.54) is 6.92 Å². The highest BCUT2D eigenvalue weighted by atomic mass is 16.5. The number of ether oxygens (including phenoxy) is 2. The van der Waals surface area contributed by atoms with Crippen molar-refractivity contribution in [3.63, 3.8) is 0 Å². The van der Waals surface area contributed by atoms with Gasteiger partial charge < -0.3 is 14.8 Å². The fourth-order valence-corrected chi connectivity index (χ4v) is 2.49. The summed E-state index contributed by atoms with van der Waals surface area (Å²) in [6.07, 6.45) is 4.37. The van der Waals surface area contributed by atoms with Crippen LogP contribution in [0.1, 0.15) is 44.2 Å². The highest BCUT2D eigenvalue weighted by molar-refractivity contribution is 5.89. The second-order valence-electron chi connectivity index (χ2n) is 5.07. The zero-order valence-corrected chi connectivity index (χ0v) is 12.1. The third-order valence-corrected chi connectivity index (χ3v) is 3.51. The SMILES string of the molecule is COc1nc(C2CCCCOCC2)ccc1NC(C)=O. The van der Waals surface area contributed by atoms with Gasteiger partial charge in [0.25, 0.3) is 0 Å². The van der Waals surface area contributed by atoms with E-state index in [-0.39, 0.29) is 5.91 Å². The molecule has 0 saturated carbocycles. The number of nitrogens with one attached hydrogen (secondary N) is 1. The molecule has 0 spiro atoms. The van der Waals surface area contributed by atoms with E-state index in [0.29, 0.717) is 17.5 Å². The maximum atomic E-state index is 11.1. The Morgan fingerprint density at radius 3 is 2.95 bits per heavy atom. The van der Waals surface area contributed by atoms with Gasteiger partial charge in [0.05, 0.1) is 7.11 Å². The highest BCUT2D eigenvalue weighted by Gasteiger charge is 2.17. The zero-order valence-electron chi connectivity index (χ0n) is 12.1. The predicted octanol–water partition coefficient (Wildman–Crippen LogP) is 2.72. The minimum atomic E-state index is -0.128. The molecule has 0 aliphatic carbocycles. The van der Waals surface area contributed by atoms with Gasteiger partial charge in [0.1, 0.15) is 5.69 Å². The van der Waals surface area contributed by atoms with Crippen molar-refractivity contribution in [2.45, 2.75) is 38.5 Å². The molecular weight excluding hydrogens is 256 g/mol. The van der Waals surface area contributed by atoms with Gasteiger partial charge in [-0.05, 0) is 31.4 Å². The van der Waals surface area contributed by atoms with Crippen molar-refractivity contribution in [2.75, 3.05) is 25.6 Å². The van der Waals surface area contributed by atoms with Gasteiger partial charge >= 0.3 is 0 Å². The molecule has 0 bridgehead atoms. The van der Waals surface area contributed by atoms with Gasteiger partial charge in [0.15, 0.2) is 0 Å². The summed E-state index contributed by atoms with van der Waals surface area (Å²) in [7, 11) is 1.57. The van der Waals surface area contributed by atoms with E-state index in [0.717, 1.165) is 44.6 Å². The second-order valence-corrected chi connectivity index (χ2v) is 5.07. The molecule has 0 radical (unpaired) electrons. The fourth-order valence-electron chi connectivity index (χ4n) is 2.49. The van der Waals surface area contributed by atoms with Gasteiger partial charge in [-0.2, -0.15) is 0 Å². The van der Waals surface area contributed by atoms with Gasteiger partial charge in [-0.25, -0.2) is 4.98 Å². The first-order valence-corrected chi connectivity index (χ1v) is 7.11. The minimum Gasteiger partial charge on any atom is -0.480 e. The Morgan fingerprint density at radius 1 is 1.35 bits per heavy atom. The summed E-state index contributed by atoms with van der Waals surface area (Å²) in [5.74, 6) is 0.744. The Hall–Kier alpha value is -1.62. The Morgan fingerprint density at radius 2 is 2.20 bits per heavy atom. The first-order chi connectivity index (χ1) is 9.70. The molecule has 0 aromatic carbocycles. The van der Waals surface area contributed by atoms with Crippen molar-refractivity contribution in [1.82, 2.24) is 4.98 Å². The molecule has 2 rings (SSSR count). The lowest BCUT2D eigenvalue weighted by atomic mass is 9.94. The highest BCUT2D eigenvalue weighted by Crippen LogP contribution is 2.30. The van der Waals surface area contributed by atoms with Crippen LogP contribution < -0.4 is 10.1 Å². The average Bonchev–Trinajstić information content (AvgIpc) is 2.38. The van der Waals surface area contributed by atoms with Crippen LogP contribution in [0.5, 0.6) is 5.88 Å². The van der Waals surface area contributed by atoms with Crippen molar-refractivity contribution < 1.29 is 14.3 Å². The molecule has 2 heterocycles. The van der Waals surface area contributed by atoms with Gasteiger partial charge in [0.2, 0.25) is 11.8 Å². The van der Waals surface area contributed by atoms with E-state index in [9.17, 15) is 4.79 Å². The van der Waals surface area contributed by atoms with Crippen LogP contribution in [0.3, 0.4) is 0 Å². The number of nitrogens with zero attached hydrogens (tertiary/aromatic N) is 1. The number of methoxy groups -OCH3 is 1. The average molecular weight is 278 g/mol. The number of anilines is 1. The monoisotopic (exact) mass is 278 g/mol. The Balaban J connectivity index is 2.16. The third kappa shape index (κ3) is 3.93. The number of aromatic nitrogens is 1. The van der Waals surface area contributed by atoms with Crippen LogP contribution in [0.25, 0.3) is 0 Å². The molecule has 5 nitrogen and oxygen atoms in total. The second kappa shape index (κ2) is 7.24. The summed E-state index contributed by atoms with van der Waals surface area (Å²) < 4.78 is 10.8. The Kier molecular flexibility index (Phi) is 5.35. The van der Waals surface area contributed by atoms with Crippen LogP contribution in [-0.4, -0.2) is 31.2 Å². The lowest BCUT2D eigenvalue weighted by molar-refractivity contribution is -0.114. The van der Waals surface area contributed by atoms with Crippen LogP contribution in [0.4, 0.5) is 5.69 Å². The van der Waals surface area contributed by atoms with Crippen molar-refractivity contribution in [2.24, 2.45) is 0 Å². The number of carbonyl (C=O) groups is 1. The molecule has 1 aromatic heterocycles. The van der Waals surface area contributed by atoms with E-state index < -0.39 is 0 Å². The summed E-state index contributed by atoms with van der Waals surface area (Å²) >= 11 is 0. The van der Waals surface area contributed by atoms with Crippen LogP contribution >= 0.6 is 0 Å². The molecular formula is C15H22N2O3. The quantitative estimate of drug-likeness (QED) is 0.923. The smallest absolute Gasteiger partial charge is 0.237 e. The van der Waals surface area contributed by atoms with Crippen LogP contribution in [0.2, 0.25) is 0 Å². The van der Waals surface area contributed by atoms with Crippen molar-refractivity contribution in [1.29, 1.82) is 0 Å². The summed E-state index contributed by atoms with van der Waals surface area (Å²) in [6.45, 7) is 3.12. The van der Waals surface area contributed by atoms with Crippen LogP contribution in [0.15, 0.2) is 12.1 Å². The zero-order chi connectivity index (χ0) is 14.4. The first kappa shape index (κ1) is 14.8. The largest absolute Gasteiger partial charge is 0.480 e. The van der Waals surface area contributed by atoms with E-state index in [1.807, 2.05) is 12.1 Å². The first-order valence-electron chi connectivity index (χ1n) is 7.11. The van der Waals surface area contributed by atoms with Gasteiger partial charge in [-0.15, -0.1) is 0 Å². The van der Waals surface area contributed by atoms with Crippen molar-refractivity contribution in [3.05, 3.63) is 17.8 Å². The summed E-state index contributed by atoms with van der Waals surface area (Å²) in [5, 5.41) is 2.73. The molecule has 1 N–H and O–H groups in total. The topological polar surface area (TPSA) is 60.5 Å². The molecule has 1 fully saturated rings. The van der Waals surface area contributed by atoms with E-state index in [4.69, 9.17) is 9.47 Å². The number of rotatable bonds is 3. The molecule has 1 unspecified atom stereocenters. The van der Waals surface area contributed by atoms with E-state index in [2.05, 4.69) is 10.3 Å². The third-order valence-electron chi connectivity index (χ3n) is 3.51. The summed E-state index contributed by atoms with van der Waals surface area (Å²) in [4.78, 5) is 15.7. The number of carbonyl (C=O) groups excluding carboxylic acids is 1. The molecule has 5 heteroatoms. The van der Waals surface area contributed by atoms with Gasteiger partial charge in [-0.3, -0.25) is 4.79 Å². The molecule has 1 aromatic rings. The maximum absolute atomic E-state index is 11.1. The predicted molar refractivity (Wildman–Crippen MR) is 77.1 cm³/mol. The van der Waals surface area contributed by atoms with Gasteiger partial charge in [-0.1, -0.05) is 6.42 Å². The van der Waals surface area contributed by atoms with Crippen molar-refractivity contribution >= 4 is 11.6 Å². The molecule has 1 aliphatic heterocycles. The molecule has 1 atom stereocenters. The molecule has 1 saturated heterocycles. The number of hydrogen-bond acceptors (Lipinski definition) is 4.